The van der Waals surface area contributed by atoms with Crippen LogP contribution < -0.4 is 5.32 Å². The SMILES string of the molecule is O=C(c1ccsc1)N1CCC2(CC1)NC(=O)N(Cc1ccccc1)C2=O. The quantitative estimate of drug-likeness (QED) is 0.845. The van der Waals surface area contributed by atoms with Crippen LogP contribution in [0, 0.1) is 0 Å². The third-order valence-electron chi connectivity index (χ3n) is 5.10. The average Bonchev–Trinajstić information content (AvgIpc) is 3.27. The van der Waals surface area contributed by atoms with Crippen molar-refractivity contribution in [2.24, 2.45) is 0 Å². The maximum Gasteiger partial charge on any atom is 0.325 e. The Bertz CT molecular complexity index is 827. The Morgan fingerprint density at radius 1 is 1.12 bits per heavy atom. The van der Waals surface area contributed by atoms with E-state index in [2.05, 4.69) is 5.32 Å². The number of carbonyl (C=O) groups excluding carboxylic acids is 3. The number of carbonyl (C=O) groups is 3. The second kappa shape index (κ2) is 6.57. The molecule has 1 aromatic heterocycles. The summed E-state index contributed by atoms with van der Waals surface area (Å²) in [6, 6.07) is 10.9. The first-order chi connectivity index (χ1) is 12.6. The zero-order valence-electron chi connectivity index (χ0n) is 14.2. The topological polar surface area (TPSA) is 69.7 Å². The van der Waals surface area contributed by atoms with Crippen molar-refractivity contribution in [3.63, 3.8) is 0 Å². The minimum absolute atomic E-state index is 0.0148. The number of nitrogens with zero attached hydrogens (tertiary/aromatic N) is 2. The number of amides is 4. The van der Waals surface area contributed by atoms with E-state index < -0.39 is 5.54 Å². The van der Waals surface area contributed by atoms with Crippen molar-refractivity contribution in [3.05, 3.63) is 58.3 Å². The fraction of sp³-hybridized carbons (Fsp3) is 0.316. The van der Waals surface area contributed by atoms with Gasteiger partial charge < -0.3 is 10.2 Å². The van der Waals surface area contributed by atoms with Crippen molar-refractivity contribution in [2.75, 3.05) is 13.1 Å². The molecule has 4 rings (SSSR count). The monoisotopic (exact) mass is 369 g/mol. The summed E-state index contributed by atoms with van der Waals surface area (Å²) in [5, 5.41) is 6.59. The van der Waals surface area contributed by atoms with Gasteiger partial charge in [-0.2, -0.15) is 11.3 Å². The van der Waals surface area contributed by atoms with Crippen molar-refractivity contribution in [1.82, 2.24) is 15.1 Å². The molecular formula is C19H19N3O3S. The maximum atomic E-state index is 12.9. The summed E-state index contributed by atoms with van der Waals surface area (Å²) in [4.78, 5) is 40.8. The molecule has 1 aromatic carbocycles. The van der Waals surface area contributed by atoms with Crippen molar-refractivity contribution in [3.8, 4) is 0 Å². The lowest BCUT2D eigenvalue weighted by atomic mass is 9.87. The van der Waals surface area contributed by atoms with Crippen LogP contribution in [-0.4, -0.2) is 46.3 Å². The van der Waals surface area contributed by atoms with Gasteiger partial charge in [-0.15, -0.1) is 0 Å². The first kappa shape index (κ1) is 16.8. The van der Waals surface area contributed by atoms with E-state index in [0.29, 0.717) is 31.5 Å². The van der Waals surface area contributed by atoms with Crippen molar-refractivity contribution in [1.29, 1.82) is 0 Å². The highest BCUT2D eigenvalue weighted by molar-refractivity contribution is 7.08. The van der Waals surface area contributed by atoms with Crippen LogP contribution >= 0.6 is 11.3 Å². The smallest absolute Gasteiger partial charge is 0.325 e. The molecule has 7 heteroatoms. The minimum Gasteiger partial charge on any atom is -0.338 e. The standard InChI is InChI=1S/C19H19N3O3S/c23-16(15-6-11-26-13-15)21-9-7-19(8-10-21)17(24)22(18(25)20-19)12-14-4-2-1-3-5-14/h1-6,11,13H,7-10,12H2,(H,20,25). The van der Waals surface area contributed by atoms with E-state index in [4.69, 9.17) is 0 Å². The molecule has 2 aliphatic rings. The molecule has 2 saturated heterocycles. The number of hydrogen-bond donors (Lipinski definition) is 1. The predicted octanol–water partition coefficient (Wildman–Crippen LogP) is 2.47. The Morgan fingerprint density at radius 2 is 1.85 bits per heavy atom. The minimum atomic E-state index is -0.878. The number of likely N-dealkylation sites (tertiary alicyclic amines) is 1. The van der Waals surface area contributed by atoms with Gasteiger partial charge in [-0.3, -0.25) is 14.5 Å². The Labute approximate surface area is 155 Å². The van der Waals surface area contributed by atoms with Crippen molar-refractivity contribution in [2.45, 2.75) is 24.9 Å². The largest absolute Gasteiger partial charge is 0.338 e. The summed E-state index contributed by atoms with van der Waals surface area (Å²) in [7, 11) is 0. The fourth-order valence-corrected chi connectivity index (χ4v) is 4.21. The molecule has 0 bridgehead atoms. The molecule has 0 unspecified atom stereocenters. The van der Waals surface area contributed by atoms with E-state index in [1.54, 1.807) is 4.90 Å². The van der Waals surface area contributed by atoms with Gasteiger partial charge in [0.25, 0.3) is 11.8 Å². The molecule has 134 valence electrons. The second-order valence-electron chi connectivity index (χ2n) is 6.69. The normalized spacial score (nSPS) is 19.1. The molecule has 3 heterocycles. The van der Waals surface area contributed by atoms with Crippen LogP contribution in [0.25, 0.3) is 0 Å². The van der Waals surface area contributed by atoms with Gasteiger partial charge in [0.2, 0.25) is 0 Å². The molecule has 2 fully saturated rings. The molecule has 0 aliphatic carbocycles. The van der Waals surface area contributed by atoms with Crippen LogP contribution in [0.4, 0.5) is 4.79 Å². The lowest BCUT2D eigenvalue weighted by Gasteiger charge is -2.37. The van der Waals surface area contributed by atoms with Crippen LogP contribution in [0.15, 0.2) is 47.2 Å². The molecular weight excluding hydrogens is 350 g/mol. The first-order valence-electron chi connectivity index (χ1n) is 8.59. The number of urea groups is 1. The van der Waals surface area contributed by atoms with Crippen molar-refractivity contribution < 1.29 is 14.4 Å². The Kier molecular flexibility index (Phi) is 4.24. The zero-order chi connectivity index (χ0) is 18.1. The van der Waals surface area contributed by atoms with Gasteiger partial charge in [0, 0.05) is 18.5 Å². The van der Waals surface area contributed by atoms with Gasteiger partial charge in [-0.05, 0) is 29.9 Å². The highest BCUT2D eigenvalue weighted by atomic mass is 32.1. The Hall–Kier alpha value is -2.67. The molecule has 6 nitrogen and oxygen atoms in total. The molecule has 26 heavy (non-hydrogen) atoms. The number of thiophene rings is 1. The number of imide groups is 1. The second-order valence-corrected chi connectivity index (χ2v) is 7.47. The Balaban J connectivity index is 1.44. The van der Waals surface area contributed by atoms with Crippen LogP contribution in [0.1, 0.15) is 28.8 Å². The molecule has 1 spiro atoms. The summed E-state index contributed by atoms with van der Waals surface area (Å²) >= 11 is 1.49. The fourth-order valence-electron chi connectivity index (χ4n) is 3.58. The van der Waals surface area contributed by atoms with E-state index in [9.17, 15) is 14.4 Å². The maximum absolute atomic E-state index is 12.9. The number of benzene rings is 1. The summed E-state index contributed by atoms with van der Waals surface area (Å²) < 4.78 is 0. The zero-order valence-corrected chi connectivity index (χ0v) is 15.0. The molecule has 2 aliphatic heterocycles. The lowest BCUT2D eigenvalue weighted by Crippen LogP contribution is -2.55. The number of rotatable bonds is 3. The average molecular weight is 369 g/mol. The van der Waals surface area contributed by atoms with Crippen LogP contribution in [0.3, 0.4) is 0 Å². The third-order valence-corrected chi connectivity index (χ3v) is 5.78. The highest BCUT2D eigenvalue weighted by Gasteiger charge is 2.52. The van der Waals surface area contributed by atoms with E-state index in [0.717, 1.165) is 5.56 Å². The van der Waals surface area contributed by atoms with Crippen LogP contribution in [0.5, 0.6) is 0 Å². The van der Waals surface area contributed by atoms with Gasteiger partial charge in [0.05, 0.1) is 12.1 Å². The molecule has 4 amide bonds. The molecule has 0 saturated carbocycles. The predicted molar refractivity (Wildman–Crippen MR) is 97.7 cm³/mol. The number of nitrogens with one attached hydrogen (secondary N) is 1. The van der Waals surface area contributed by atoms with Gasteiger partial charge in [0.1, 0.15) is 5.54 Å². The van der Waals surface area contributed by atoms with E-state index in [1.807, 2.05) is 47.2 Å². The third kappa shape index (κ3) is 2.88. The van der Waals surface area contributed by atoms with Gasteiger partial charge in [-0.1, -0.05) is 30.3 Å². The lowest BCUT2D eigenvalue weighted by molar-refractivity contribution is -0.133. The van der Waals surface area contributed by atoms with E-state index in [-0.39, 0.29) is 24.4 Å². The summed E-state index contributed by atoms with van der Waals surface area (Å²) in [5.74, 6) is -0.201. The number of piperidine rings is 1. The molecule has 2 aromatic rings. The summed E-state index contributed by atoms with van der Waals surface area (Å²) in [5.41, 5.74) is 0.716. The first-order valence-corrected chi connectivity index (χ1v) is 9.53. The van der Waals surface area contributed by atoms with Gasteiger partial charge >= 0.3 is 6.03 Å². The van der Waals surface area contributed by atoms with Crippen LogP contribution in [0.2, 0.25) is 0 Å². The Morgan fingerprint density at radius 3 is 2.50 bits per heavy atom. The van der Waals surface area contributed by atoms with Gasteiger partial charge in [-0.25, -0.2) is 4.79 Å². The highest BCUT2D eigenvalue weighted by Crippen LogP contribution is 2.31. The van der Waals surface area contributed by atoms with E-state index >= 15 is 0 Å². The summed E-state index contributed by atoms with van der Waals surface area (Å²) in [6.45, 7) is 1.19. The molecule has 1 N–H and O–H groups in total. The van der Waals surface area contributed by atoms with Crippen molar-refractivity contribution >= 4 is 29.2 Å². The number of hydrogen-bond acceptors (Lipinski definition) is 4. The summed E-state index contributed by atoms with van der Waals surface area (Å²) in [6.07, 6.45) is 0.886. The molecule has 0 radical (unpaired) electrons. The van der Waals surface area contributed by atoms with Gasteiger partial charge in [0.15, 0.2) is 0 Å². The van der Waals surface area contributed by atoms with E-state index in [1.165, 1.54) is 16.2 Å². The molecule has 0 atom stereocenters. The van der Waals surface area contributed by atoms with Crippen LogP contribution in [-0.2, 0) is 11.3 Å².